The summed E-state index contributed by atoms with van der Waals surface area (Å²) >= 11 is 0. The van der Waals surface area contributed by atoms with Crippen LogP contribution in [0, 0.1) is 0 Å². The molecule has 11 heavy (non-hydrogen) atoms. The van der Waals surface area contributed by atoms with Crippen molar-refractivity contribution in [1.29, 1.82) is 0 Å². The van der Waals surface area contributed by atoms with Crippen LogP contribution in [0.3, 0.4) is 0 Å². The van der Waals surface area contributed by atoms with Crippen molar-refractivity contribution < 1.29 is 83.1 Å². The molecule has 58 valence electrons. The molecular weight excluding hydrogens is 527 g/mol. The van der Waals surface area contributed by atoms with Crippen molar-refractivity contribution in [2.24, 2.45) is 0 Å². The second kappa shape index (κ2) is 213. The summed E-state index contributed by atoms with van der Waals surface area (Å²) < 4.78 is 0. The van der Waals surface area contributed by atoms with Gasteiger partial charge in [-0.3, -0.25) is 0 Å². The molecule has 0 aromatic rings. The molecule has 0 N–H and O–H groups in total. The Hall–Kier alpha value is 2.94. The van der Waals surface area contributed by atoms with Crippen LogP contribution in [-0.2, 0) is 83.1 Å². The molecule has 11 heteroatoms. The normalized spacial score (nSPS) is 0. The zero-order chi connectivity index (χ0) is 0. The van der Waals surface area contributed by atoms with E-state index < -0.39 is 0 Å². The van der Waals surface area contributed by atoms with Gasteiger partial charge in [0.1, 0.15) is 0 Å². The molecule has 0 bridgehead atoms. The van der Waals surface area contributed by atoms with E-state index in [1.807, 2.05) is 0 Å². The molecule has 0 rings (SSSR count). The Morgan fingerprint density at radius 2 is 0.273 bits per heavy atom. The first-order valence-electron chi connectivity index (χ1n) is 0. The topological polar surface area (TPSA) is 200 Å². The summed E-state index contributed by atoms with van der Waals surface area (Å²) in [5.74, 6) is 0. The summed E-state index contributed by atoms with van der Waals surface area (Å²) in [6.45, 7) is 0. The van der Waals surface area contributed by atoms with E-state index in [1.54, 1.807) is 0 Å². The van der Waals surface area contributed by atoms with Gasteiger partial charge in [-0.2, -0.15) is 0 Å². The van der Waals surface area contributed by atoms with Crippen molar-refractivity contribution in [3.8, 4) is 0 Å². The summed E-state index contributed by atoms with van der Waals surface area (Å²) in [7, 11) is 0. The van der Waals surface area contributed by atoms with Crippen molar-refractivity contribution >= 4 is 51.7 Å². The second-order valence-corrected chi connectivity index (χ2v) is 0. The van der Waals surface area contributed by atoms with Gasteiger partial charge >= 0.3 is 96.4 Å². The van der Waals surface area contributed by atoms with Crippen LogP contribution in [0.4, 0.5) is 0 Å². The zero-order valence-corrected chi connectivity index (χ0v) is 15.9. The molecule has 0 aromatic heterocycles. The fourth-order valence-corrected chi connectivity index (χ4v) is 0. The van der Waals surface area contributed by atoms with E-state index >= 15 is 0 Å². The molecule has 7 nitrogen and oxygen atoms in total. The summed E-state index contributed by atoms with van der Waals surface area (Å²) in [6.07, 6.45) is 0. The van der Waals surface area contributed by atoms with Gasteiger partial charge in [-0.05, 0) is 0 Å². The van der Waals surface area contributed by atoms with Crippen LogP contribution < -0.4 is 0 Å². The van der Waals surface area contributed by atoms with Crippen LogP contribution in [0.15, 0.2) is 0 Å². The molecule has 0 fully saturated rings. The third-order valence-corrected chi connectivity index (χ3v) is 0. The first-order chi connectivity index (χ1) is 0. The van der Waals surface area contributed by atoms with Gasteiger partial charge in [0.15, 0.2) is 0 Å². The minimum atomic E-state index is 0. The van der Waals surface area contributed by atoms with Gasteiger partial charge < -0.3 is 38.3 Å². The quantitative estimate of drug-likeness (QED) is 0.327. The largest absolute Gasteiger partial charge is 4.00 e. The third-order valence-electron chi connectivity index (χ3n) is 0. The monoisotopic (exact) mass is 528 g/mol. The predicted molar refractivity (Wildman–Crippen MR) is 16.3 cm³/mol. The van der Waals surface area contributed by atoms with E-state index in [9.17, 15) is 0 Å². The molecule has 0 saturated heterocycles. The van der Waals surface area contributed by atoms with E-state index in [0.717, 1.165) is 0 Å². The minimum absolute atomic E-state index is 0. The number of rotatable bonds is 0. The third kappa shape index (κ3) is 179. The predicted octanol–water partition coefficient (Wildman–Crippen LogP) is -1.60. The van der Waals surface area contributed by atoms with Crippen LogP contribution in [0.1, 0.15) is 0 Å². The van der Waals surface area contributed by atoms with Gasteiger partial charge in [0.2, 0.25) is 0 Å². The van der Waals surface area contributed by atoms with Crippen LogP contribution in [0.25, 0.3) is 0 Å². The number of hydrogen-bond acceptors (Lipinski definition) is 0. The Kier molecular flexibility index (Phi) is 5240. The first kappa shape index (κ1) is 270. The first-order valence-corrected chi connectivity index (χ1v) is 0. The summed E-state index contributed by atoms with van der Waals surface area (Å²) in [5.41, 5.74) is 0. The van der Waals surface area contributed by atoms with Crippen molar-refractivity contribution in [3.63, 3.8) is 0 Å². The molecule has 0 aliphatic carbocycles. The van der Waals surface area contributed by atoms with Crippen molar-refractivity contribution in [2.75, 3.05) is 0 Å². The Bertz CT molecular complexity index is 14.4. The Morgan fingerprint density at radius 1 is 0.273 bits per heavy atom. The molecule has 0 aromatic carbocycles. The van der Waals surface area contributed by atoms with Crippen LogP contribution in [0.2, 0.25) is 0 Å². The van der Waals surface area contributed by atoms with Gasteiger partial charge in [0, 0.05) is 0 Å². The molecule has 0 heterocycles. The van der Waals surface area contributed by atoms with Crippen LogP contribution in [0.5, 0.6) is 0 Å². The SMILES string of the molecule is [In+3].[In+3].[Nb+4].[Nb+4].[O-2].[O-2].[O-2].[O-2].[O-2].[O-2].[O-2]. The molecule has 0 spiro atoms. The van der Waals surface area contributed by atoms with E-state index in [1.165, 1.54) is 0 Å². The maximum atomic E-state index is 0. The van der Waals surface area contributed by atoms with E-state index in [-0.39, 0.29) is 135 Å². The average Bonchev–Trinajstić information content (AvgIpc) is 0. The maximum Gasteiger partial charge on any atom is 4.00 e. The molecule has 0 aliphatic heterocycles. The maximum absolute atomic E-state index is 0. The van der Waals surface area contributed by atoms with Crippen molar-refractivity contribution in [1.82, 2.24) is 0 Å². The minimum Gasteiger partial charge on any atom is -2.00 e. The fraction of sp³-hybridized carbons (Fsp3) is 0. The van der Waals surface area contributed by atoms with Crippen LogP contribution in [-0.4, -0.2) is 51.7 Å². The second-order valence-electron chi connectivity index (χ2n) is 0. The van der Waals surface area contributed by atoms with Gasteiger partial charge in [-0.1, -0.05) is 0 Å². The summed E-state index contributed by atoms with van der Waals surface area (Å²) in [4.78, 5) is 0. The molecular formula is In2Nb2O7. The molecule has 0 saturated carbocycles. The molecule has 0 unspecified atom stereocenters. The van der Waals surface area contributed by atoms with Crippen molar-refractivity contribution in [3.05, 3.63) is 0 Å². The van der Waals surface area contributed by atoms with E-state index in [4.69, 9.17) is 0 Å². The van der Waals surface area contributed by atoms with Crippen LogP contribution >= 0.6 is 0 Å². The van der Waals surface area contributed by atoms with E-state index in [0.29, 0.717) is 0 Å². The Morgan fingerprint density at radius 3 is 0.273 bits per heavy atom. The van der Waals surface area contributed by atoms with Crippen molar-refractivity contribution in [2.45, 2.75) is 0 Å². The molecule has 0 aliphatic rings. The van der Waals surface area contributed by atoms with Gasteiger partial charge in [-0.25, -0.2) is 0 Å². The smallest absolute Gasteiger partial charge is 2.00 e. The van der Waals surface area contributed by atoms with E-state index in [2.05, 4.69) is 0 Å². The summed E-state index contributed by atoms with van der Waals surface area (Å²) in [5, 5.41) is 0. The zero-order valence-electron chi connectivity index (χ0n) is 4.91. The van der Waals surface area contributed by atoms with Gasteiger partial charge in [0.05, 0.1) is 0 Å². The fourth-order valence-electron chi connectivity index (χ4n) is 0. The Balaban J connectivity index is 0. The number of hydrogen-bond donors (Lipinski definition) is 0. The summed E-state index contributed by atoms with van der Waals surface area (Å²) in [6, 6.07) is 0. The molecule has 0 atom stereocenters. The molecule has 0 amide bonds. The molecule has 2 radical (unpaired) electrons. The van der Waals surface area contributed by atoms with Gasteiger partial charge in [0.25, 0.3) is 0 Å². The average molecular weight is 527 g/mol. The Labute approximate surface area is 133 Å². The van der Waals surface area contributed by atoms with Gasteiger partial charge in [-0.15, -0.1) is 0 Å². The standard InChI is InChI=1S/2In.2Nb.7O/q2*+3;2*+4;7*-2.